The number of nitrogens with one attached hydrogen (secondary N) is 2. The van der Waals surface area contributed by atoms with Gasteiger partial charge >= 0.3 is 0 Å². The molecule has 3 aromatic heterocycles. The van der Waals surface area contributed by atoms with Crippen molar-refractivity contribution in [2.75, 3.05) is 39.3 Å². The van der Waals surface area contributed by atoms with Crippen LogP contribution in [0.4, 0.5) is 0 Å². The zero-order valence-electron chi connectivity index (χ0n) is 20.1. The number of piperazine rings is 1. The van der Waals surface area contributed by atoms with Crippen LogP contribution in [0, 0.1) is 5.92 Å². The summed E-state index contributed by atoms with van der Waals surface area (Å²) in [7, 11) is -3.77. The summed E-state index contributed by atoms with van der Waals surface area (Å²) in [5, 5.41) is 6.92. The lowest BCUT2D eigenvalue weighted by atomic mass is 9.86. The molecule has 0 bridgehead atoms. The second kappa shape index (κ2) is 9.67. The molecule has 0 unspecified atom stereocenters. The first-order chi connectivity index (χ1) is 16.9. The van der Waals surface area contributed by atoms with E-state index in [0.717, 1.165) is 25.1 Å². The van der Waals surface area contributed by atoms with Crippen LogP contribution in [0.3, 0.4) is 0 Å². The molecule has 12 heteroatoms. The van der Waals surface area contributed by atoms with E-state index in [-0.39, 0.29) is 22.1 Å². The Labute approximate surface area is 204 Å². The van der Waals surface area contributed by atoms with Gasteiger partial charge in [0.1, 0.15) is 16.2 Å². The molecular formula is C23H31N7O4S. The fourth-order valence-corrected chi connectivity index (χ4v) is 5.88. The zero-order valence-corrected chi connectivity index (χ0v) is 20.9. The molecule has 0 amide bonds. The molecular weight excluding hydrogens is 470 g/mol. The number of ether oxygens (including phenoxy) is 1. The van der Waals surface area contributed by atoms with E-state index in [4.69, 9.17) is 4.74 Å². The van der Waals surface area contributed by atoms with Crippen molar-refractivity contribution in [2.45, 2.75) is 44.4 Å². The number of sulfonamides is 1. The number of likely N-dealkylation sites (N-methyl/N-ethyl adjacent to an activating group) is 1. The first-order valence-corrected chi connectivity index (χ1v) is 13.7. The van der Waals surface area contributed by atoms with E-state index in [1.165, 1.54) is 23.0 Å². The van der Waals surface area contributed by atoms with Crippen molar-refractivity contribution in [2.24, 2.45) is 5.92 Å². The van der Waals surface area contributed by atoms with Gasteiger partial charge in [0.25, 0.3) is 5.56 Å². The zero-order chi connectivity index (χ0) is 24.6. The molecule has 188 valence electrons. The minimum absolute atomic E-state index is 0.0547. The quantitative estimate of drug-likeness (QED) is 0.476. The van der Waals surface area contributed by atoms with E-state index in [2.05, 4.69) is 37.0 Å². The first-order valence-electron chi connectivity index (χ1n) is 12.2. The third-order valence-corrected chi connectivity index (χ3v) is 8.88. The summed E-state index contributed by atoms with van der Waals surface area (Å²) in [6, 6.07) is 1.51. The summed E-state index contributed by atoms with van der Waals surface area (Å²) in [6.07, 6.45) is 5.34. The van der Waals surface area contributed by atoms with Gasteiger partial charge in [-0.1, -0.05) is 20.3 Å². The molecule has 0 aromatic carbocycles. The van der Waals surface area contributed by atoms with E-state index >= 15 is 0 Å². The van der Waals surface area contributed by atoms with Gasteiger partial charge in [0.15, 0.2) is 5.52 Å². The van der Waals surface area contributed by atoms with Crippen molar-refractivity contribution in [3.8, 4) is 17.3 Å². The van der Waals surface area contributed by atoms with Gasteiger partial charge in [-0.3, -0.25) is 9.89 Å². The van der Waals surface area contributed by atoms with Gasteiger partial charge in [-0.05, 0) is 37.8 Å². The minimum atomic E-state index is -3.77. The van der Waals surface area contributed by atoms with Gasteiger partial charge in [-0.15, -0.1) is 0 Å². The molecule has 0 atom stereocenters. The van der Waals surface area contributed by atoms with Crippen LogP contribution in [0.2, 0.25) is 0 Å². The number of hydrogen-bond acceptors (Lipinski definition) is 8. The fourth-order valence-electron chi connectivity index (χ4n) is 4.48. The highest BCUT2D eigenvalue weighted by Gasteiger charge is 2.30. The molecule has 3 aromatic rings. The van der Waals surface area contributed by atoms with Crippen LogP contribution in [0.1, 0.15) is 38.8 Å². The average molecular weight is 502 g/mol. The Balaban J connectivity index is 1.56. The third kappa shape index (κ3) is 4.57. The molecule has 1 aliphatic carbocycles. The molecule has 0 spiro atoms. The standard InChI is InChI=1S/C23H31N7O4S/c1-3-18-19-20(28-27-18)22(31)26-21(25-19)17-12-16(13-24-23(17)34-14-15-6-5-7-15)35(32,33)30-10-8-29(4-2)9-11-30/h12-13,15H,3-11,14H2,1-2H3,(H,27,28)(H,25,26,31). The van der Waals surface area contributed by atoms with Crippen molar-refractivity contribution >= 4 is 21.1 Å². The number of aromatic nitrogens is 5. The molecule has 4 heterocycles. The lowest BCUT2D eigenvalue weighted by Crippen LogP contribution is -2.48. The van der Waals surface area contributed by atoms with Crippen LogP contribution < -0.4 is 10.3 Å². The van der Waals surface area contributed by atoms with Crippen LogP contribution in [-0.4, -0.2) is 82.1 Å². The highest BCUT2D eigenvalue weighted by molar-refractivity contribution is 7.89. The van der Waals surface area contributed by atoms with E-state index in [1.54, 1.807) is 0 Å². The number of pyridine rings is 1. The van der Waals surface area contributed by atoms with E-state index < -0.39 is 15.6 Å². The summed E-state index contributed by atoms with van der Waals surface area (Å²) >= 11 is 0. The molecule has 2 fully saturated rings. The van der Waals surface area contributed by atoms with Crippen LogP contribution >= 0.6 is 0 Å². The van der Waals surface area contributed by atoms with E-state index in [0.29, 0.717) is 56.2 Å². The lowest BCUT2D eigenvalue weighted by Gasteiger charge is -2.33. The second-order valence-corrected chi connectivity index (χ2v) is 11.1. The highest BCUT2D eigenvalue weighted by atomic mass is 32.2. The molecule has 1 saturated carbocycles. The fraction of sp³-hybridized carbons (Fsp3) is 0.565. The number of rotatable bonds is 8. The molecule has 1 saturated heterocycles. The Bertz CT molecular complexity index is 1370. The Kier molecular flexibility index (Phi) is 6.60. The van der Waals surface area contributed by atoms with E-state index in [9.17, 15) is 13.2 Å². The summed E-state index contributed by atoms with van der Waals surface area (Å²) in [5.41, 5.74) is 1.35. The topological polar surface area (TPSA) is 137 Å². The predicted octanol–water partition coefficient (Wildman–Crippen LogP) is 1.78. The van der Waals surface area contributed by atoms with Crippen molar-refractivity contribution < 1.29 is 13.2 Å². The van der Waals surface area contributed by atoms with Gasteiger partial charge in [-0.2, -0.15) is 9.40 Å². The molecule has 5 rings (SSSR count). The summed E-state index contributed by atoms with van der Waals surface area (Å²) < 4.78 is 34.4. The number of aryl methyl sites for hydroxylation is 1. The second-order valence-electron chi connectivity index (χ2n) is 9.14. The van der Waals surface area contributed by atoms with Crippen LogP contribution in [0.25, 0.3) is 22.4 Å². The largest absolute Gasteiger partial charge is 0.477 e. The number of hydrogen-bond donors (Lipinski definition) is 2. The summed E-state index contributed by atoms with van der Waals surface area (Å²) in [5.74, 6) is 0.927. The van der Waals surface area contributed by atoms with Crippen LogP contribution in [0.15, 0.2) is 22.0 Å². The van der Waals surface area contributed by atoms with Gasteiger partial charge in [0.2, 0.25) is 15.9 Å². The normalized spacial score (nSPS) is 18.1. The Hall–Kier alpha value is -2.83. The third-order valence-electron chi connectivity index (χ3n) is 7.01. The molecule has 2 N–H and O–H groups in total. The van der Waals surface area contributed by atoms with Crippen molar-refractivity contribution in [1.82, 2.24) is 34.4 Å². The molecule has 2 aliphatic rings. The van der Waals surface area contributed by atoms with Gasteiger partial charge < -0.3 is 14.6 Å². The predicted molar refractivity (Wildman–Crippen MR) is 131 cm³/mol. The molecule has 35 heavy (non-hydrogen) atoms. The monoisotopic (exact) mass is 501 g/mol. The Morgan fingerprint density at radius 3 is 2.57 bits per heavy atom. The van der Waals surface area contributed by atoms with Crippen LogP contribution in [0.5, 0.6) is 5.88 Å². The number of nitrogens with zero attached hydrogens (tertiary/aromatic N) is 5. The molecule has 1 aliphatic heterocycles. The first kappa shape index (κ1) is 23.9. The average Bonchev–Trinajstić information content (AvgIpc) is 3.27. The van der Waals surface area contributed by atoms with E-state index in [1.807, 2.05) is 6.92 Å². The van der Waals surface area contributed by atoms with Gasteiger partial charge in [0, 0.05) is 26.2 Å². The lowest BCUT2D eigenvalue weighted by molar-refractivity contribution is 0.176. The number of aromatic amines is 2. The number of H-pyrrole nitrogens is 2. The van der Waals surface area contributed by atoms with Crippen molar-refractivity contribution in [1.29, 1.82) is 0 Å². The Morgan fingerprint density at radius 2 is 1.91 bits per heavy atom. The molecule has 0 radical (unpaired) electrons. The highest BCUT2D eigenvalue weighted by Crippen LogP contribution is 2.32. The summed E-state index contributed by atoms with van der Waals surface area (Å²) in [6.45, 7) is 7.59. The van der Waals surface area contributed by atoms with Crippen molar-refractivity contribution in [3.05, 3.63) is 28.3 Å². The van der Waals surface area contributed by atoms with Crippen molar-refractivity contribution in [3.63, 3.8) is 0 Å². The summed E-state index contributed by atoms with van der Waals surface area (Å²) in [4.78, 5) is 26.8. The Morgan fingerprint density at radius 1 is 1.14 bits per heavy atom. The minimum Gasteiger partial charge on any atom is -0.477 e. The smallest absolute Gasteiger partial charge is 0.279 e. The maximum absolute atomic E-state index is 13.5. The maximum atomic E-state index is 13.5. The van der Waals surface area contributed by atoms with Gasteiger partial charge in [0.05, 0.1) is 24.1 Å². The maximum Gasteiger partial charge on any atom is 0.279 e. The number of fused-ring (bicyclic) bond motifs is 1. The van der Waals surface area contributed by atoms with Gasteiger partial charge in [-0.25, -0.2) is 18.4 Å². The van der Waals surface area contributed by atoms with Crippen LogP contribution in [-0.2, 0) is 16.4 Å². The molecule has 11 nitrogen and oxygen atoms in total. The SMILES string of the molecule is CCc1[nH]nc2c(=O)[nH]c(-c3cc(S(=O)(=O)N4CCN(CC)CC4)cnc3OCC3CCC3)nc12.